The van der Waals surface area contributed by atoms with Gasteiger partial charge in [-0.05, 0) is 24.6 Å². The highest BCUT2D eigenvalue weighted by atomic mass is 16.5. The van der Waals surface area contributed by atoms with Crippen molar-refractivity contribution in [3.8, 4) is 17.2 Å². The van der Waals surface area contributed by atoms with Gasteiger partial charge in [0.05, 0.1) is 21.3 Å². The average Bonchev–Trinajstić information content (AvgIpc) is 2.35. The first-order chi connectivity index (χ1) is 8.53. The zero-order chi connectivity index (χ0) is 13.7. The number of carbonyl (C=O) groups is 1. The minimum atomic E-state index is -0.379. The number of methoxy groups -OCH3 is 3. The molecule has 0 unspecified atom stereocenters. The molecule has 0 aliphatic rings. The summed E-state index contributed by atoms with van der Waals surface area (Å²) in [7, 11) is 4.62. The highest BCUT2D eigenvalue weighted by molar-refractivity contribution is 5.66. The van der Waals surface area contributed by atoms with Crippen molar-refractivity contribution in [2.24, 2.45) is 0 Å². The zero-order valence-electron chi connectivity index (χ0n) is 11.3. The largest absolute Gasteiger partial charge is 0.493 e. The Labute approximate surface area is 107 Å². The van der Waals surface area contributed by atoms with Crippen LogP contribution in [0, 0.1) is 0 Å². The first-order valence-corrected chi connectivity index (χ1v) is 5.50. The SMILES string of the molecule is COc1cc([C@@H](C)OC(C)=O)cc(OC)c1OC. The normalized spacial score (nSPS) is 11.6. The summed E-state index contributed by atoms with van der Waals surface area (Å²) in [6.45, 7) is 3.15. The van der Waals surface area contributed by atoms with E-state index in [1.165, 1.54) is 28.3 Å². The van der Waals surface area contributed by atoms with Crippen molar-refractivity contribution in [1.29, 1.82) is 0 Å². The molecule has 1 aromatic rings. The fourth-order valence-corrected chi connectivity index (χ4v) is 1.65. The van der Waals surface area contributed by atoms with Gasteiger partial charge in [-0.25, -0.2) is 0 Å². The monoisotopic (exact) mass is 254 g/mol. The molecule has 0 spiro atoms. The van der Waals surface area contributed by atoms with Crippen LogP contribution in [-0.2, 0) is 9.53 Å². The maximum atomic E-state index is 11.0. The lowest BCUT2D eigenvalue weighted by atomic mass is 10.1. The van der Waals surface area contributed by atoms with Gasteiger partial charge in [0, 0.05) is 6.92 Å². The molecular formula is C13H18O5. The highest BCUT2D eigenvalue weighted by Gasteiger charge is 2.17. The summed E-state index contributed by atoms with van der Waals surface area (Å²) in [5, 5.41) is 0. The summed E-state index contributed by atoms with van der Waals surface area (Å²) in [6.07, 6.45) is -0.379. The van der Waals surface area contributed by atoms with Crippen LogP contribution >= 0.6 is 0 Å². The van der Waals surface area contributed by atoms with E-state index in [1.54, 1.807) is 19.1 Å². The molecule has 0 radical (unpaired) electrons. The Kier molecular flexibility index (Phi) is 4.83. The van der Waals surface area contributed by atoms with Crippen molar-refractivity contribution in [3.63, 3.8) is 0 Å². The Balaban J connectivity index is 3.18. The average molecular weight is 254 g/mol. The first-order valence-electron chi connectivity index (χ1n) is 5.50. The van der Waals surface area contributed by atoms with Gasteiger partial charge in [-0.1, -0.05) is 0 Å². The van der Waals surface area contributed by atoms with E-state index in [0.29, 0.717) is 17.2 Å². The molecule has 0 heterocycles. The Morgan fingerprint density at radius 3 is 1.89 bits per heavy atom. The number of rotatable bonds is 5. The fourth-order valence-electron chi connectivity index (χ4n) is 1.65. The van der Waals surface area contributed by atoms with Crippen LogP contribution in [-0.4, -0.2) is 27.3 Å². The van der Waals surface area contributed by atoms with E-state index in [4.69, 9.17) is 18.9 Å². The molecule has 0 N–H and O–H groups in total. The van der Waals surface area contributed by atoms with Crippen LogP contribution < -0.4 is 14.2 Å². The highest BCUT2D eigenvalue weighted by Crippen LogP contribution is 2.40. The minimum absolute atomic E-state index is 0.337. The predicted molar refractivity (Wildman–Crippen MR) is 66.3 cm³/mol. The lowest BCUT2D eigenvalue weighted by Gasteiger charge is -2.17. The van der Waals surface area contributed by atoms with Gasteiger partial charge >= 0.3 is 5.97 Å². The molecular weight excluding hydrogens is 236 g/mol. The van der Waals surface area contributed by atoms with Gasteiger partial charge in [-0.15, -0.1) is 0 Å². The molecule has 100 valence electrons. The Morgan fingerprint density at radius 2 is 1.56 bits per heavy atom. The number of hydrogen-bond donors (Lipinski definition) is 0. The third-order valence-corrected chi connectivity index (χ3v) is 2.50. The third kappa shape index (κ3) is 3.06. The van der Waals surface area contributed by atoms with Crippen LogP contribution in [0.15, 0.2) is 12.1 Å². The molecule has 0 saturated heterocycles. The van der Waals surface area contributed by atoms with Crippen molar-refractivity contribution >= 4 is 5.97 Å². The maximum Gasteiger partial charge on any atom is 0.303 e. The summed E-state index contributed by atoms with van der Waals surface area (Å²) >= 11 is 0. The number of hydrogen-bond acceptors (Lipinski definition) is 5. The summed E-state index contributed by atoms with van der Waals surface area (Å²) < 4.78 is 20.8. The second kappa shape index (κ2) is 6.14. The van der Waals surface area contributed by atoms with Gasteiger partial charge in [0.25, 0.3) is 0 Å². The lowest BCUT2D eigenvalue weighted by Crippen LogP contribution is -2.06. The Morgan fingerprint density at radius 1 is 1.06 bits per heavy atom. The number of benzene rings is 1. The van der Waals surface area contributed by atoms with E-state index >= 15 is 0 Å². The molecule has 0 amide bonds. The Hall–Kier alpha value is -1.91. The van der Waals surface area contributed by atoms with Crippen LogP contribution in [0.1, 0.15) is 25.5 Å². The first kappa shape index (κ1) is 14.2. The number of carbonyl (C=O) groups excluding carboxylic acids is 1. The smallest absolute Gasteiger partial charge is 0.303 e. The lowest BCUT2D eigenvalue weighted by molar-refractivity contribution is -0.145. The minimum Gasteiger partial charge on any atom is -0.493 e. The van der Waals surface area contributed by atoms with Crippen molar-refractivity contribution in [1.82, 2.24) is 0 Å². The molecule has 18 heavy (non-hydrogen) atoms. The molecule has 5 heteroatoms. The van der Waals surface area contributed by atoms with Gasteiger partial charge in [0.15, 0.2) is 11.5 Å². The van der Waals surface area contributed by atoms with E-state index in [2.05, 4.69) is 0 Å². The summed E-state index contributed by atoms with van der Waals surface area (Å²) in [5.74, 6) is 1.24. The van der Waals surface area contributed by atoms with Crippen LogP contribution in [0.25, 0.3) is 0 Å². The molecule has 0 aromatic heterocycles. The van der Waals surface area contributed by atoms with E-state index in [-0.39, 0.29) is 12.1 Å². The predicted octanol–water partition coefficient (Wildman–Crippen LogP) is 2.34. The van der Waals surface area contributed by atoms with E-state index in [1.807, 2.05) is 0 Å². The molecule has 5 nitrogen and oxygen atoms in total. The molecule has 0 saturated carbocycles. The van der Waals surface area contributed by atoms with E-state index in [9.17, 15) is 4.79 Å². The molecule has 0 fully saturated rings. The molecule has 0 aliphatic heterocycles. The third-order valence-electron chi connectivity index (χ3n) is 2.50. The van der Waals surface area contributed by atoms with Crippen molar-refractivity contribution in [2.75, 3.05) is 21.3 Å². The van der Waals surface area contributed by atoms with Gasteiger partial charge in [0.1, 0.15) is 6.10 Å². The summed E-state index contributed by atoms with van der Waals surface area (Å²) in [5.41, 5.74) is 0.778. The van der Waals surface area contributed by atoms with Crippen molar-refractivity contribution in [2.45, 2.75) is 20.0 Å². The van der Waals surface area contributed by atoms with Crippen LogP contribution in [0.5, 0.6) is 17.2 Å². The summed E-state index contributed by atoms with van der Waals surface area (Å²) in [4.78, 5) is 11.0. The molecule has 1 rings (SSSR count). The van der Waals surface area contributed by atoms with Crippen molar-refractivity contribution < 1.29 is 23.7 Å². The van der Waals surface area contributed by atoms with Crippen LogP contribution in [0.4, 0.5) is 0 Å². The van der Waals surface area contributed by atoms with Gasteiger partial charge in [-0.3, -0.25) is 4.79 Å². The molecule has 1 aromatic carbocycles. The fraction of sp³-hybridized carbons (Fsp3) is 0.462. The van der Waals surface area contributed by atoms with E-state index in [0.717, 1.165) is 5.56 Å². The second-order valence-corrected chi connectivity index (χ2v) is 3.71. The molecule has 1 atom stereocenters. The zero-order valence-corrected chi connectivity index (χ0v) is 11.3. The number of esters is 1. The topological polar surface area (TPSA) is 54.0 Å². The molecule has 0 bridgehead atoms. The van der Waals surface area contributed by atoms with E-state index < -0.39 is 0 Å². The molecule has 0 aliphatic carbocycles. The maximum absolute atomic E-state index is 11.0. The number of ether oxygens (including phenoxy) is 4. The quantitative estimate of drug-likeness (QED) is 0.755. The summed E-state index contributed by atoms with van der Waals surface area (Å²) in [6, 6.07) is 3.52. The van der Waals surface area contributed by atoms with Crippen molar-refractivity contribution in [3.05, 3.63) is 17.7 Å². The van der Waals surface area contributed by atoms with Gasteiger partial charge < -0.3 is 18.9 Å². The second-order valence-electron chi connectivity index (χ2n) is 3.71. The van der Waals surface area contributed by atoms with Gasteiger partial charge in [-0.2, -0.15) is 0 Å². The van der Waals surface area contributed by atoms with Crippen LogP contribution in [0.3, 0.4) is 0 Å². The van der Waals surface area contributed by atoms with Gasteiger partial charge in [0.2, 0.25) is 5.75 Å². The Bertz CT molecular complexity index is 402. The standard InChI is InChI=1S/C13H18O5/c1-8(18-9(2)14)10-6-11(15-3)13(17-5)12(7-10)16-4/h6-8H,1-5H3/t8-/m1/s1. The van der Waals surface area contributed by atoms with Crippen LogP contribution in [0.2, 0.25) is 0 Å².